The molecule has 96 valence electrons. The first-order valence-electron chi connectivity index (χ1n) is 6.24. The SMILES string of the molecule is CCNC(CCN(C)C)Cc1ccc(F)cc1. The van der Waals surface area contributed by atoms with Crippen LogP contribution in [0.4, 0.5) is 4.39 Å². The molecule has 0 saturated heterocycles. The van der Waals surface area contributed by atoms with Crippen molar-refractivity contribution in [2.75, 3.05) is 27.2 Å². The third-order valence-corrected chi connectivity index (χ3v) is 2.81. The maximum atomic E-state index is 12.8. The van der Waals surface area contributed by atoms with Gasteiger partial charge in [0.1, 0.15) is 5.82 Å². The van der Waals surface area contributed by atoms with Crippen LogP contribution in [0, 0.1) is 5.82 Å². The summed E-state index contributed by atoms with van der Waals surface area (Å²) in [5.41, 5.74) is 1.19. The normalized spacial score (nSPS) is 13.0. The predicted molar refractivity (Wildman–Crippen MR) is 70.7 cm³/mol. The van der Waals surface area contributed by atoms with Gasteiger partial charge in [-0.2, -0.15) is 0 Å². The van der Waals surface area contributed by atoms with Crippen molar-refractivity contribution in [3.63, 3.8) is 0 Å². The molecule has 0 aromatic heterocycles. The van der Waals surface area contributed by atoms with Gasteiger partial charge in [0.15, 0.2) is 0 Å². The zero-order valence-corrected chi connectivity index (χ0v) is 11.0. The van der Waals surface area contributed by atoms with Crippen LogP contribution in [0.2, 0.25) is 0 Å². The topological polar surface area (TPSA) is 15.3 Å². The van der Waals surface area contributed by atoms with Gasteiger partial charge in [0, 0.05) is 6.04 Å². The molecule has 0 aliphatic carbocycles. The fourth-order valence-corrected chi connectivity index (χ4v) is 1.88. The molecule has 2 nitrogen and oxygen atoms in total. The zero-order chi connectivity index (χ0) is 12.7. The van der Waals surface area contributed by atoms with Crippen LogP contribution in [-0.2, 0) is 6.42 Å². The second-order valence-electron chi connectivity index (χ2n) is 4.68. The molecule has 0 radical (unpaired) electrons. The molecule has 0 aliphatic rings. The molecule has 1 aromatic rings. The summed E-state index contributed by atoms with van der Waals surface area (Å²) in [5.74, 6) is -0.165. The molecule has 1 atom stereocenters. The Labute approximate surface area is 104 Å². The van der Waals surface area contributed by atoms with Crippen LogP contribution in [0.5, 0.6) is 0 Å². The minimum absolute atomic E-state index is 0.165. The Bertz CT molecular complexity index is 309. The van der Waals surface area contributed by atoms with Gasteiger partial charge >= 0.3 is 0 Å². The predicted octanol–water partition coefficient (Wildman–Crippen LogP) is 2.30. The second-order valence-corrected chi connectivity index (χ2v) is 4.68. The number of halogens is 1. The molecule has 0 spiro atoms. The minimum Gasteiger partial charge on any atom is -0.314 e. The minimum atomic E-state index is -0.165. The molecule has 1 aromatic carbocycles. The van der Waals surface area contributed by atoms with E-state index in [1.54, 1.807) is 0 Å². The van der Waals surface area contributed by atoms with E-state index in [-0.39, 0.29) is 5.82 Å². The Morgan fingerprint density at radius 3 is 2.41 bits per heavy atom. The van der Waals surface area contributed by atoms with Crippen LogP contribution in [0.3, 0.4) is 0 Å². The van der Waals surface area contributed by atoms with Gasteiger partial charge in [-0.05, 0) is 57.7 Å². The Morgan fingerprint density at radius 2 is 1.88 bits per heavy atom. The summed E-state index contributed by atoms with van der Waals surface area (Å²) >= 11 is 0. The van der Waals surface area contributed by atoms with E-state index in [2.05, 4.69) is 31.2 Å². The van der Waals surface area contributed by atoms with Crippen molar-refractivity contribution in [1.29, 1.82) is 0 Å². The quantitative estimate of drug-likeness (QED) is 0.784. The van der Waals surface area contributed by atoms with Gasteiger partial charge in [0.25, 0.3) is 0 Å². The molecule has 1 rings (SSSR count). The molecule has 0 amide bonds. The lowest BCUT2D eigenvalue weighted by Crippen LogP contribution is -2.34. The highest BCUT2D eigenvalue weighted by molar-refractivity contribution is 5.17. The lowest BCUT2D eigenvalue weighted by Gasteiger charge is -2.20. The lowest BCUT2D eigenvalue weighted by atomic mass is 10.0. The molecule has 3 heteroatoms. The number of benzene rings is 1. The summed E-state index contributed by atoms with van der Waals surface area (Å²) in [6, 6.07) is 7.27. The van der Waals surface area contributed by atoms with Gasteiger partial charge in [0.2, 0.25) is 0 Å². The van der Waals surface area contributed by atoms with Gasteiger partial charge in [0.05, 0.1) is 0 Å². The van der Waals surface area contributed by atoms with Crippen LogP contribution in [0.25, 0.3) is 0 Å². The molecule has 0 fully saturated rings. The van der Waals surface area contributed by atoms with E-state index >= 15 is 0 Å². The molecule has 0 heterocycles. The first-order chi connectivity index (χ1) is 8.11. The summed E-state index contributed by atoms with van der Waals surface area (Å²) < 4.78 is 12.8. The average molecular weight is 238 g/mol. The number of hydrogen-bond acceptors (Lipinski definition) is 2. The molecular weight excluding hydrogens is 215 g/mol. The average Bonchev–Trinajstić information content (AvgIpc) is 2.29. The third-order valence-electron chi connectivity index (χ3n) is 2.81. The largest absolute Gasteiger partial charge is 0.314 e. The van der Waals surface area contributed by atoms with Crippen molar-refractivity contribution >= 4 is 0 Å². The second kappa shape index (κ2) is 7.41. The van der Waals surface area contributed by atoms with Crippen LogP contribution in [0.1, 0.15) is 18.9 Å². The monoisotopic (exact) mass is 238 g/mol. The fraction of sp³-hybridized carbons (Fsp3) is 0.571. The Morgan fingerprint density at radius 1 is 1.24 bits per heavy atom. The number of nitrogens with zero attached hydrogens (tertiary/aromatic N) is 1. The molecule has 0 bridgehead atoms. The van der Waals surface area contributed by atoms with Gasteiger partial charge in [-0.1, -0.05) is 19.1 Å². The van der Waals surface area contributed by atoms with E-state index < -0.39 is 0 Å². The maximum absolute atomic E-state index is 12.8. The fourth-order valence-electron chi connectivity index (χ4n) is 1.88. The smallest absolute Gasteiger partial charge is 0.123 e. The number of hydrogen-bond donors (Lipinski definition) is 1. The standard InChI is InChI=1S/C14H23FN2/c1-4-16-14(9-10-17(2)3)11-12-5-7-13(15)8-6-12/h5-8,14,16H,4,9-11H2,1-3H3. The Hall–Kier alpha value is -0.930. The summed E-state index contributed by atoms with van der Waals surface area (Å²) in [4.78, 5) is 2.19. The zero-order valence-electron chi connectivity index (χ0n) is 11.0. The summed E-state index contributed by atoms with van der Waals surface area (Å²) in [5, 5.41) is 3.48. The number of rotatable bonds is 7. The first kappa shape index (κ1) is 14.1. The Kier molecular flexibility index (Phi) is 6.16. The van der Waals surface area contributed by atoms with Crippen LogP contribution in [-0.4, -0.2) is 38.1 Å². The Balaban J connectivity index is 2.50. The number of likely N-dealkylation sites (N-methyl/N-ethyl adjacent to an activating group) is 1. The molecule has 0 aliphatic heterocycles. The van der Waals surface area contributed by atoms with Gasteiger partial charge in [-0.3, -0.25) is 0 Å². The van der Waals surface area contributed by atoms with Gasteiger partial charge in [-0.15, -0.1) is 0 Å². The number of nitrogens with one attached hydrogen (secondary N) is 1. The van der Waals surface area contributed by atoms with E-state index in [4.69, 9.17) is 0 Å². The van der Waals surface area contributed by atoms with Gasteiger partial charge < -0.3 is 10.2 Å². The molecule has 1 N–H and O–H groups in total. The van der Waals surface area contributed by atoms with Crippen molar-refractivity contribution in [2.24, 2.45) is 0 Å². The highest BCUT2D eigenvalue weighted by Crippen LogP contribution is 2.08. The van der Waals surface area contributed by atoms with Crippen molar-refractivity contribution < 1.29 is 4.39 Å². The highest BCUT2D eigenvalue weighted by atomic mass is 19.1. The van der Waals surface area contributed by atoms with Crippen LogP contribution in [0.15, 0.2) is 24.3 Å². The van der Waals surface area contributed by atoms with Crippen molar-refractivity contribution in [1.82, 2.24) is 10.2 Å². The van der Waals surface area contributed by atoms with Crippen molar-refractivity contribution in [2.45, 2.75) is 25.8 Å². The first-order valence-corrected chi connectivity index (χ1v) is 6.24. The summed E-state index contributed by atoms with van der Waals surface area (Å²) in [6.45, 7) is 4.16. The summed E-state index contributed by atoms with van der Waals surface area (Å²) in [7, 11) is 4.17. The molecule has 1 unspecified atom stereocenters. The highest BCUT2D eigenvalue weighted by Gasteiger charge is 2.08. The van der Waals surface area contributed by atoms with Crippen LogP contribution < -0.4 is 5.32 Å². The lowest BCUT2D eigenvalue weighted by molar-refractivity contribution is 0.358. The van der Waals surface area contributed by atoms with Gasteiger partial charge in [-0.25, -0.2) is 4.39 Å². The van der Waals surface area contributed by atoms with E-state index in [1.165, 1.54) is 17.7 Å². The molecule has 0 saturated carbocycles. The molecular formula is C14H23FN2. The van der Waals surface area contributed by atoms with Crippen molar-refractivity contribution in [3.05, 3.63) is 35.6 Å². The van der Waals surface area contributed by atoms with Crippen molar-refractivity contribution in [3.8, 4) is 0 Å². The summed E-state index contributed by atoms with van der Waals surface area (Å²) in [6.07, 6.45) is 2.07. The molecule has 17 heavy (non-hydrogen) atoms. The van der Waals surface area contributed by atoms with E-state index in [9.17, 15) is 4.39 Å². The van der Waals surface area contributed by atoms with E-state index in [0.29, 0.717) is 6.04 Å². The third kappa shape index (κ3) is 5.80. The van der Waals surface area contributed by atoms with Crippen LogP contribution >= 0.6 is 0 Å². The van der Waals surface area contributed by atoms with E-state index in [0.717, 1.165) is 25.9 Å². The maximum Gasteiger partial charge on any atom is 0.123 e. The van der Waals surface area contributed by atoms with E-state index in [1.807, 2.05) is 12.1 Å².